The average molecular weight is 386 g/mol. The molecule has 0 aliphatic rings. The van der Waals surface area contributed by atoms with E-state index in [-0.39, 0.29) is 16.9 Å². The molecule has 142 valence electrons. The molecule has 0 radical (unpaired) electrons. The van der Waals surface area contributed by atoms with Crippen LogP contribution in [0.15, 0.2) is 59.8 Å². The highest BCUT2D eigenvalue weighted by Crippen LogP contribution is 2.23. The molecule has 0 atom stereocenters. The van der Waals surface area contributed by atoms with Crippen LogP contribution in [-0.4, -0.2) is 23.9 Å². The van der Waals surface area contributed by atoms with E-state index in [9.17, 15) is 13.2 Å². The van der Waals surface area contributed by atoms with Gasteiger partial charge in [-0.25, -0.2) is 13.4 Å². The maximum Gasteiger partial charge on any atom is 0.257 e. The van der Waals surface area contributed by atoms with Crippen molar-refractivity contribution in [1.29, 1.82) is 0 Å². The van der Waals surface area contributed by atoms with E-state index in [4.69, 9.17) is 0 Å². The van der Waals surface area contributed by atoms with Gasteiger partial charge in [0, 0.05) is 0 Å². The van der Waals surface area contributed by atoms with Crippen LogP contribution in [-0.2, 0) is 26.8 Å². The molecule has 1 amide bonds. The Balaban J connectivity index is 1.65. The number of hydrogen-bond donors (Lipinski definition) is 2. The van der Waals surface area contributed by atoms with Gasteiger partial charge in [-0.15, -0.1) is 4.83 Å². The smallest absolute Gasteiger partial charge is 0.257 e. The van der Waals surface area contributed by atoms with E-state index in [1.54, 1.807) is 23.0 Å². The molecule has 7 nitrogen and oxygen atoms in total. The SMILES string of the molecule is CC(C)(C)c1ccc(S(=O)(=O)NNC(=O)Cn2cnc3ccccc32)cc1. The molecule has 3 aromatic rings. The molecule has 0 saturated heterocycles. The summed E-state index contributed by atoms with van der Waals surface area (Å²) < 4.78 is 26.4. The number of aromatic nitrogens is 2. The Morgan fingerprint density at radius 3 is 2.41 bits per heavy atom. The topological polar surface area (TPSA) is 93.1 Å². The Labute approximate surface area is 158 Å². The molecule has 2 aromatic carbocycles. The maximum atomic E-state index is 12.4. The summed E-state index contributed by atoms with van der Waals surface area (Å²) in [6.07, 6.45) is 1.55. The summed E-state index contributed by atoms with van der Waals surface area (Å²) in [7, 11) is -3.85. The van der Waals surface area contributed by atoms with Gasteiger partial charge in [-0.3, -0.25) is 10.2 Å². The Morgan fingerprint density at radius 1 is 1.07 bits per heavy atom. The van der Waals surface area contributed by atoms with Crippen molar-refractivity contribution in [2.24, 2.45) is 0 Å². The Bertz CT molecular complexity index is 1060. The molecule has 0 unspecified atom stereocenters. The van der Waals surface area contributed by atoms with Crippen molar-refractivity contribution >= 4 is 27.0 Å². The number of benzene rings is 2. The first-order valence-electron chi connectivity index (χ1n) is 8.48. The highest BCUT2D eigenvalue weighted by atomic mass is 32.2. The predicted molar refractivity (Wildman–Crippen MR) is 103 cm³/mol. The summed E-state index contributed by atoms with van der Waals surface area (Å²) in [5.41, 5.74) is 4.76. The van der Waals surface area contributed by atoms with E-state index >= 15 is 0 Å². The van der Waals surface area contributed by atoms with Crippen molar-refractivity contribution in [3.8, 4) is 0 Å². The summed E-state index contributed by atoms with van der Waals surface area (Å²) in [5.74, 6) is -0.493. The van der Waals surface area contributed by atoms with Crippen LogP contribution in [0.4, 0.5) is 0 Å². The van der Waals surface area contributed by atoms with Crippen LogP contribution in [0.25, 0.3) is 11.0 Å². The van der Waals surface area contributed by atoms with Crippen LogP contribution in [0, 0.1) is 0 Å². The number of amides is 1. The number of para-hydroxylation sites is 2. The number of imidazole rings is 1. The van der Waals surface area contributed by atoms with E-state index in [0.29, 0.717) is 0 Å². The average Bonchev–Trinajstić information content (AvgIpc) is 3.03. The lowest BCUT2D eigenvalue weighted by Crippen LogP contribution is -2.43. The van der Waals surface area contributed by atoms with Gasteiger partial charge in [0.2, 0.25) is 0 Å². The fourth-order valence-electron chi connectivity index (χ4n) is 2.65. The van der Waals surface area contributed by atoms with E-state index in [1.165, 1.54) is 12.1 Å². The lowest BCUT2D eigenvalue weighted by Gasteiger charge is -2.19. The van der Waals surface area contributed by atoms with Crippen molar-refractivity contribution < 1.29 is 13.2 Å². The van der Waals surface area contributed by atoms with Gasteiger partial charge in [-0.05, 0) is 35.2 Å². The van der Waals surface area contributed by atoms with E-state index in [1.807, 2.05) is 24.3 Å². The number of hydrogen-bond acceptors (Lipinski definition) is 4. The third kappa shape index (κ3) is 4.35. The van der Waals surface area contributed by atoms with Gasteiger partial charge in [0.05, 0.1) is 22.3 Å². The highest BCUT2D eigenvalue weighted by Gasteiger charge is 2.18. The van der Waals surface area contributed by atoms with Gasteiger partial charge in [0.25, 0.3) is 15.9 Å². The highest BCUT2D eigenvalue weighted by molar-refractivity contribution is 7.89. The van der Waals surface area contributed by atoms with Crippen molar-refractivity contribution in [3.63, 3.8) is 0 Å². The van der Waals surface area contributed by atoms with E-state index in [2.05, 4.69) is 36.0 Å². The largest absolute Gasteiger partial charge is 0.321 e. The van der Waals surface area contributed by atoms with Crippen LogP contribution < -0.4 is 10.3 Å². The van der Waals surface area contributed by atoms with Crippen LogP contribution in [0.2, 0.25) is 0 Å². The quantitative estimate of drug-likeness (QED) is 0.658. The minimum Gasteiger partial charge on any atom is -0.321 e. The molecule has 0 fully saturated rings. The van der Waals surface area contributed by atoms with E-state index in [0.717, 1.165) is 16.6 Å². The second-order valence-electron chi connectivity index (χ2n) is 7.29. The second-order valence-corrected chi connectivity index (χ2v) is 8.97. The Kier molecular flexibility index (Phi) is 5.03. The molecule has 3 rings (SSSR count). The van der Waals surface area contributed by atoms with Gasteiger partial charge in [0.15, 0.2) is 0 Å². The number of carbonyl (C=O) groups is 1. The molecule has 1 heterocycles. The Morgan fingerprint density at radius 2 is 1.74 bits per heavy atom. The standard InChI is InChI=1S/C19H22N4O3S/c1-19(2,3)14-8-10-15(11-9-14)27(25,26)22-21-18(24)12-23-13-20-16-6-4-5-7-17(16)23/h4-11,13,22H,12H2,1-3H3,(H,21,24). The van der Waals surface area contributed by atoms with Crippen molar-refractivity contribution in [2.45, 2.75) is 37.6 Å². The minimum atomic E-state index is -3.85. The first kappa shape index (κ1) is 19.1. The number of sulfonamides is 1. The summed E-state index contributed by atoms with van der Waals surface area (Å²) in [6, 6.07) is 14.0. The molecule has 1 aromatic heterocycles. The fraction of sp³-hybridized carbons (Fsp3) is 0.263. The number of hydrazine groups is 1. The van der Waals surface area contributed by atoms with Crippen molar-refractivity contribution in [3.05, 3.63) is 60.4 Å². The summed E-state index contributed by atoms with van der Waals surface area (Å²) in [4.78, 5) is 18.6. The lowest BCUT2D eigenvalue weighted by molar-refractivity contribution is -0.122. The number of nitrogens with zero attached hydrogens (tertiary/aromatic N) is 2. The van der Waals surface area contributed by atoms with Gasteiger partial charge < -0.3 is 4.57 Å². The first-order chi connectivity index (χ1) is 12.7. The lowest BCUT2D eigenvalue weighted by atomic mass is 9.87. The maximum absolute atomic E-state index is 12.4. The summed E-state index contributed by atoms with van der Waals surface area (Å²) >= 11 is 0. The molecule has 0 aliphatic carbocycles. The zero-order valence-corrected chi connectivity index (χ0v) is 16.2. The number of carbonyl (C=O) groups excluding carboxylic acids is 1. The zero-order chi connectivity index (χ0) is 19.7. The molecule has 0 saturated carbocycles. The molecule has 0 bridgehead atoms. The van der Waals surface area contributed by atoms with Gasteiger partial charge in [-0.1, -0.05) is 45.0 Å². The third-order valence-electron chi connectivity index (χ3n) is 4.20. The van der Waals surface area contributed by atoms with Crippen molar-refractivity contribution in [2.75, 3.05) is 0 Å². The number of nitrogens with one attached hydrogen (secondary N) is 2. The van der Waals surface area contributed by atoms with Crippen LogP contribution in [0.1, 0.15) is 26.3 Å². The molecule has 0 aliphatic heterocycles. The summed E-state index contributed by atoms with van der Waals surface area (Å²) in [6.45, 7) is 6.10. The molecule has 2 N–H and O–H groups in total. The summed E-state index contributed by atoms with van der Waals surface area (Å²) in [5, 5.41) is 0. The molecule has 0 spiro atoms. The number of fused-ring (bicyclic) bond motifs is 1. The van der Waals surface area contributed by atoms with Crippen LogP contribution in [0.3, 0.4) is 0 Å². The van der Waals surface area contributed by atoms with Gasteiger partial charge >= 0.3 is 0 Å². The van der Waals surface area contributed by atoms with E-state index < -0.39 is 15.9 Å². The zero-order valence-electron chi connectivity index (χ0n) is 15.4. The van der Waals surface area contributed by atoms with Crippen LogP contribution in [0.5, 0.6) is 0 Å². The molecular weight excluding hydrogens is 364 g/mol. The first-order valence-corrected chi connectivity index (χ1v) is 9.96. The van der Waals surface area contributed by atoms with Crippen LogP contribution >= 0.6 is 0 Å². The van der Waals surface area contributed by atoms with Gasteiger partial charge in [-0.2, -0.15) is 0 Å². The molecule has 8 heteroatoms. The second kappa shape index (κ2) is 7.13. The number of rotatable bonds is 5. The molecule has 27 heavy (non-hydrogen) atoms. The monoisotopic (exact) mass is 386 g/mol. The normalized spacial score (nSPS) is 12.3. The third-order valence-corrected chi connectivity index (χ3v) is 5.46. The minimum absolute atomic E-state index is 0.0496. The predicted octanol–water partition coefficient (Wildman–Crippen LogP) is 2.34. The Hall–Kier alpha value is -2.71. The van der Waals surface area contributed by atoms with Crippen molar-refractivity contribution in [1.82, 2.24) is 19.8 Å². The van der Waals surface area contributed by atoms with Gasteiger partial charge in [0.1, 0.15) is 6.54 Å². The fourth-order valence-corrected chi connectivity index (χ4v) is 3.51. The molecular formula is C19H22N4O3S.